The Bertz CT molecular complexity index is 999. The van der Waals surface area contributed by atoms with Crippen LogP contribution in [0.4, 0.5) is 11.5 Å². The minimum absolute atomic E-state index is 0.183. The number of pyridine rings is 1. The predicted octanol–water partition coefficient (Wildman–Crippen LogP) is 4.80. The zero-order chi connectivity index (χ0) is 20.2. The first kappa shape index (κ1) is 18.8. The molecular weight excluding hydrogens is 366 g/mol. The highest BCUT2D eigenvalue weighted by molar-refractivity contribution is 6.04. The Morgan fingerprint density at radius 3 is 2.55 bits per heavy atom. The highest BCUT2D eigenvalue weighted by Gasteiger charge is 2.13. The summed E-state index contributed by atoms with van der Waals surface area (Å²) in [6.45, 7) is 5.14. The average molecular weight is 389 g/mol. The maximum Gasteiger partial charge on any atom is 0.257 e. The third-order valence-electron chi connectivity index (χ3n) is 4.77. The van der Waals surface area contributed by atoms with Crippen LogP contribution in [0.2, 0.25) is 0 Å². The van der Waals surface area contributed by atoms with Crippen LogP contribution >= 0.6 is 0 Å². The number of hydrogen-bond acceptors (Lipinski definition) is 5. The molecule has 0 spiro atoms. The lowest BCUT2D eigenvalue weighted by Crippen LogP contribution is -2.12. The Hall–Kier alpha value is -3.54. The van der Waals surface area contributed by atoms with E-state index >= 15 is 0 Å². The fourth-order valence-corrected chi connectivity index (χ4v) is 3.03. The molecule has 148 valence electrons. The van der Waals surface area contributed by atoms with Crippen LogP contribution in [-0.2, 0) is 6.54 Å². The van der Waals surface area contributed by atoms with Gasteiger partial charge in [-0.2, -0.15) is 0 Å². The molecule has 0 aliphatic carbocycles. The van der Waals surface area contributed by atoms with Gasteiger partial charge in [0.2, 0.25) is 6.79 Å². The second-order valence-electron chi connectivity index (χ2n) is 7.20. The number of amides is 1. The molecule has 1 amide bonds. The van der Waals surface area contributed by atoms with Crippen LogP contribution in [-0.4, -0.2) is 17.7 Å². The zero-order valence-corrected chi connectivity index (χ0v) is 16.4. The number of rotatable bonds is 6. The molecule has 3 aromatic rings. The van der Waals surface area contributed by atoms with Crippen molar-refractivity contribution < 1.29 is 14.3 Å². The smallest absolute Gasteiger partial charge is 0.257 e. The minimum Gasteiger partial charge on any atom is -0.454 e. The van der Waals surface area contributed by atoms with Crippen LogP contribution in [0.1, 0.15) is 41.3 Å². The summed E-state index contributed by atoms with van der Waals surface area (Å²) in [6.07, 6.45) is 1.57. The molecule has 2 heterocycles. The van der Waals surface area contributed by atoms with Gasteiger partial charge in [-0.15, -0.1) is 0 Å². The minimum atomic E-state index is -0.183. The van der Waals surface area contributed by atoms with Gasteiger partial charge in [-0.05, 0) is 53.4 Å². The molecule has 1 aliphatic rings. The second kappa shape index (κ2) is 8.22. The summed E-state index contributed by atoms with van der Waals surface area (Å²) in [5, 5.41) is 6.15. The fraction of sp³-hybridized carbons (Fsp3) is 0.217. The van der Waals surface area contributed by atoms with Gasteiger partial charge >= 0.3 is 0 Å². The van der Waals surface area contributed by atoms with Crippen molar-refractivity contribution in [1.82, 2.24) is 4.98 Å². The van der Waals surface area contributed by atoms with E-state index < -0.39 is 0 Å². The number of nitrogens with one attached hydrogen (secondary N) is 2. The van der Waals surface area contributed by atoms with E-state index in [1.807, 2.05) is 42.5 Å². The van der Waals surface area contributed by atoms with Crippen LogP contribution in [0.3, 0.4) is 0 Å². The van der Waals surface area contributed by atoms with E-state index in [0.29, 0.717) is 23.8 Å². The molecule has 2 N–H and O–H groups in total. The van der Waals surface area contributed by atoms with Gasteiger partial charge in [-0.25, -0.2) is 4.98 Å². The first-order valence-corrected chi connectivity index (χ1v) is 9.58. The normalized spacial score (nSPS) is 12.1. The van der Waals surface area contributed by atoms with Crippen LogP contribution in [0, 0.1) is 0 Å². The molecule has 6 heteroatoms. The Kier molecular flexibility index (Phi) is 5.33. The second-order valence-corrected chi connectivity index (χ2v) is 7.20. The standard InChI is InChI=1S/C23H23N3O3/c1-15(2)17-4-7-19(8-5-17)26-23(27)18-6-10-22(25-13-18)24-12-16-3-9-20-21(11-16)29-14-28-20/h3-11,13,15H,12,14H2,1-2H3,(H,24,25)(H,26,27). The molecule has 6 nitrogen and oxygen atoms in total. The van der Waals surface area contributed by atoms with Crippen molar-refractivity contribution in [2.24, 2.45) is 0 Å². The van der Waals surface area contributed by atoms with Gasteiger partial charge in [0.25, 0.3) is 5.91 Å². The number of benzene rings is 2. The Balaban J connectivity index is 1.34. The molecule has 0 unspecified atom stereocenters. The Morgan fingerprint density at radius 2 is 1.83 bits per heavy atom. The number of hydrogen-bond donors (Lipinski definition) is 2. The fourth-order valence-electron chi connectivity index (χ4n) is 3.03. The molecule has 0 atom stereocenters. The van der Waals surface area contributed by atoms with Crippen LogP contribution in [0.25, 0.3) is 0 Å². The summed E-state index contributed by atoms with van der Waals surface area (Å²) in [6, 6.07) is 17.3. The summed E-state index contributed by atoms with van der Waals surface area (Å²) in [4.78, 5) is 16.8. The van der Waals surface area contributed by atoms with Crippen LogP contribution in [0.5, 0.6) is 11.5 Å². The first-order chi connectivity index (χ1) is 14.1. The van der Waals surface area contributed by atoms with Gasteiger partial charge < -0.3 is 20.1 Å². The van der Waals surface area contributed by atoms with Crippen LogP contribution in [0.15, 0.2) is 60.8 Å². The first-order valence-electron chi connectivity index (χ1n) is 9.58. The van der Waals surface area contributed by atoms with E-state index in [9.17, 15) is 4.79 Å². The van der Waals surface area contributed by atoms with E-state index in [-0.39, 0.29) is 12.7 Å². The number of fused-ring (bicyclic) bond motifs is 1. The maximum absolute atomic E-state index is 12.4. The van der Waals surface area contributed by atoms with Gasteiger partial charge in [0, 0.05) is 18.4 Å². The molecule has 2 aromatic carbocycles. The topological polar surface area (TPSA) is 72.5 Å². The number of nitrogens with zero attached hydrogens (tertiary/aromatic N) is 1. The van der Waals surface area contributed by atoms with Gasteiger partial charge in [-0.3, -0.25) is 4.79 Å². The lowest BCUT2D eigenvalue weighted by molar-refractivity contribution is 0.102. The molecule has 0 bridgehead atoms. The maximum atomic E-state index is 12.4. The SMILES string of the molecule is CC(C)c1ccc(NC(=O)c2ccc(NCc3ccc4c(c3)OCO4)nc2)cc1. The lowest BCUT2D eigenvalue weighted by Gasteiger charge is -2.09. The summed E-state index contributed by atoms with van der Waals surface area (Å²) in [5.41, 5.74) is 3.57. The molecule has 0 fully saturated rings. The molecule has 29 heavy (non-hydrogen) atoms. The molecule has 1 aromatic heterocycles. The van der Waals surface area contributed by atoms with E-state index in [1.54, 1.807) is 18.3 Å². The lowest BCUT2D eigenvalue weighted by atomic mass is 10.0. The summed E-state index contributed by atoms with van der Waals surface area (Å²) in [7, 11) is 0. The van der Waals surface area contributed by atoms with E-state index in [2.05, 4.69) is 29.5 Å². The van der Waals surface area contributed by atoms with Crippen molar-refractivity contribution in [1.29, 1.82) is 0 Å². The van der Waals surface area contributed by atoms with Crippen molar-refractivity contribution in [2.75, 3.05) is 17.4 Å². The largest absolute Gasteiger partial charge is 0.454 e. The summed E-state index contributed by atoms with van der Waals surface area (Å²) < 4.78 is 10.7. The van der Waals surface area contributed by atoms with Gasteiger partial charge in [-0.1, -0.05) is 32.0 Å². The van der Waals surface area contributed by atoms with Crippen molar-refractivity contribution in [3.05, 3.63) is 77.5 Å². The average Bonchev–Trinajstić information content (AvgIpc) is 3.21. The van der Waals surface area contributed by atoms with E-state index in [0.717, 1.165) is 22.7 Å². The van der Waals surface area contributed by atoms with Crippen molar-refractivity contribution >= 4 is 17.4 Å². The van der Waals surface area contributed by atoms with Crippen molar-refractivity contribution in [3.63, 3.8) is 0 Å². The molecule has 0 saturated carbocycles. The quantitative estimate of drug-likeness (QED) is 0.634. The summed E-state index contributed by atoms with van der Waals surface area (Å²) in [5.74, 6) is 2.49. The van der Waals surface area contributed by atoms with Gasteiger partial charge in [0.1, 0.15) is 5.82 Å². The van der Waals surface area contributed by atoms with Crippen molar-refractivity contribution in [2.45, 2.75) is 26.3 Å². The van der Waals surface area contributed by atoms with Crippen LogP contribution < -0.4 is 20.1 Å². The zero-order valence-electron chi connectivity index (χ0n) is 16.4. The molecular formula is C23H23N3O3. The highest BCUT2D eigenvalue weighted by Crippen LogP contribution is 2.32. The number of ether oxygens (including phenoxy) is 2. The molecule has 0 saturated heterocycles. The Morgan fingerprint density at radius 1 is 1.03 bits per heavy atom. The molecule has 4 rings (SSSR count). The number of aromatic nitrogens is 1. The van der Waals surface area contributed by atoms with Gasteiger partial charge in [0.05, 0.1) is 5.56 Å². The van der Waals surface area contributed by atoms with Gasteiger partial charge in [0.15, 0.2) is 11.5 Å². The summed E-state index contributed by atoms with van der Waals surface area (Å²) >= 11 is 0. The number of carbonyl (C=O) groups excluding carboxylic acids is 1. The highest BCUT2D eigenvalue weighted by atomic mass is 16.7. The van der Waals surface area contributed by atoms with Crippen molar-refractivity contribution in [3.8, 4) is 11.5 Å². The third-order valence-corrected chi connectivity index (χ3v) is 4.77. The molecule has 1 aliphatic heterocycles. The number of carbonyl (C=O) groups is 1. The van der Waals surface area contributed by atoms with E-state index in [4.69, 9.17) is 9.47 Å². The molecule has 0 radical (unpaired) electrons. The monoisotopic (exact) mass is 389 g/mol. The third kappa shape index (κ3) is 4.48. The Labute approximate surface area is 169 Å². The van der Waals surface area contributed by atoms with E-state index in [1.165, 1.54) is 5.56 Å². The number of anilines is 2. The predicted molar refractivity (Wildman–Crippen MR) is 113 cm³/mol.